The van der Waals surface area contributed by atoms with Crippen molar-refractivity contribution in [3.63, 3.8) is 0 Å². The van der Waals surface area contributed by atoms with Gasteiger partial charge in [-0.3, -0.25) is 4.79 Å². The van der Waals surface area contributed by atoms with Gasteiger partial charge in [0, 0.05) is 50.5 Å². The third-order valence-corrected chi connectivity index (χ3v) is 5.29. The molecule has 2 aliphatic rings. The van der Waals surface area contributed by atoms with E-state index in [1.165, 1.54) is 19.3 Å². The lowest BCUT2D eigenvalue weighted by Crippen LogP contribution is -2.47. The van der Waals surface area contributed by atoms with Gasteiger partial charge in [0.2, 0.25) is 0 Å². The van der Waals surface area contributed by atoms with Crippen LogP contribution in [0.1, 0.15) is 42.5 Å². The van der Waals surface area contributed by atoms with E-state index in [1.54, 1.807) is 6.07 Å². The Morgan fingerprint density at radius 2 is 1.50 bits per heavy atom. The predicted molar refractivity (Wildman–Crippen MR) is 104 cm³/mol. The van der Waals surface area contributed by atoms with Crippen LogP contribution in [0.3, 0.4) is 0 Å². The van der Waals surface area contributed by atoms with Crippen LogP contribution < -0.4 is 5.32 Å². The van der Waals surface area contributed by atoms with Crippen LogP contribution in [-0.2, 0) is 0 Å². The topological polar surface area (TPSA) is 55.9 Å². The summed E-state index contributed by atoms with van der Waals surface area (Å²) in [6.07, 6.45) is 5.79. The molecule has 2 saturated heterocycles. The molecule has 6 nitrogen and oxygen atoms in total. The number of likely N-dealkylation sites (tertiary alicyclic amines) is 1. The minimum Gasteiger partial charge on any atom is -0.336 e. The molecule has 1 aromatic carbocycles. The molecule has 0 unspecified atom stereocenters. The number of nitrogens with zero attached hydrogens (tertiary/aromatic N) is 3. The average molecular weight is 358 g/mol. The van der Waals surface area contributed by atoms with Gasteiger partial charge in [-0.2, -0.15) is 0 Å². The number of hydrogen-bond acceptors (Lipinski definition) is 3. The number of nitrogens with one attached hydrogen (secondary N) is 1. The first-order valence-electron chi connectivity index (χ1n) is 9.77. The highest BCUT2D eigenvalue weighted by molar-refractivity contribution is 5.97. The number of anilines is 1. The number of carbonyl (C=O) groups excluding carboxylic acids is 2. The Morgan fingerprint density at radius 3 is 2.19 bits per heavy atom. The molecule has 142 valence electrons. The molecule has 6 heteroatoms. The lowest BCUT2D eigenvalue weighted by Gasteiger charge is -2.32. The highest BCUT2D eigenvalue weighted by atomic mass is 16.2. The molecule has 0 spiro atoms. The van der Waals surface area contributed by atoms with Crippen molar-refractivity contribution in [1.82, 2.24) is 14.7 Å². The Hall–Kier alpha value is -2.08. The molecule has 0 bridgehead atoms. The van der Waals surface area contributed by atoms with Crippen molar-refractivity contribution in [3.8, 4) is 0 Å². The van der Waals surface area contributed by atoms with Crippen LogP contribution in [0, 0.1) is 0 Å². The second-order valence-electron chi connectivity index (χ2n) is 7.36. The van der Waals surface area contributed by atoms with Crippen LogP contribution in [0.15, 0.2) is 24.3 Å². The molecule has 2 aliphatic heterocycles. The van der Waals surface area contributed by atoms with Crippen molar-refractivity contribution in [1.29, 1.82) is 0 Å². The zero-order valence-electron chi connectivity index (χ0n) is 15.7. The largest absolute Gasteiger partial charge is 0.336 e. The van der Waals surface area contributed by atoms with Gasteiger partial charge >= 0.3 is 6.03 Å². The summed E-state index contributed by atoms with van der Waals surface area (Å²) < 4.78 is 0. The van der Waals surface area contributed by atoms with Gasteiger partial charge in [-0.05, 0) is 38.1 Å². The second-order valence-corrected chi connectivity index (χ2v) is 7.36. The van der Waals surface area contributed by atoms with Crippen molar-refractivity contribution < 1.29 is 9.59 Å². The lowest BCUT2D eigenvalue weighted by atomic mass is 10.1. The summed E-state index contributed by atoms with van der Waals surface area (Å²) in [5.41, 5.74) is 1.33. The molecule has 0 saturated carbocycles. The predicted octanol–water partition coefficient (Wildman–Crippen LogP) is 2.87. The molecule has 0 radical (unpaired) electrons. The first-order valence-corrected chi connectivity index (χ1v) is 9.77. The number of likely N-dealkylation sites (N-methyl/N-ethyl adjacent to an activating group) is 1. The van der Waals surface area contributed by atoms with E-state index in [9.17, 15) is 9.59 Å². The molecule has 0 aliphatic carbocycles. The molecule has 0 atom stereocenters. The molecule has 2 fully saturated rings. The molecule has 2 heterocycles. The van der Waals surface area contributed by atoms with Crippen molar-refractivity contribution >= 4 is 17.6 Å². The van der Waals surface area contributed by atoms with Crippen LogP contribution in [0.5, 0.6) is 0 Å². The van der Waals surface area contributed by atoms with E-state index in [1.807, 2.05) is 28.0 Å². The van der Waals surface area contributed by atoms with Crippen LogP contribution in [0.2, 0.25) is 0 Å². The third-order valence-electron chi connectivity index (χ3n) is 5.29. The maximum absolute atomic E-state index is 12.7. The summed E-state index contributed by atoms with van der Waals surface area (Å²) in [6.45, 7) is 4.92. The molecule has 1 aromatic rings. The highest BCUT2D eigenvalue weighted by Crippen LogP contribution is 2.16. The van der Waals surface area contributed by atoms with Gasteiger partial charge in [-0.1, -0.05) is 25.3 Å². The Kier molecular flexibility index (Phi) is 6.50. The number of benzene rings is 1. The van der Waals surface area contributed by atoms with Crippen molar-refractivity contribution in [3.05, 3.63) is 29.8 Å². The average Bonchev–Trinajstić information content (AvgIpc) is 2.61. The Balaban J connectivity index is 1.61. The van der Waals surface area contributed by atoms with E-state index < -0.39 is 0 Å². The Bertz CT molecular complexity index is 618. The number of amides is 3. The van der Waals surface area contributed by atoms with E-state index in [-0.39, 0.29) is 11.9 Å². The standard InChI is InChI=1S/C20H30N4O2/c1-22-12-14-23(15-13-22)19(25)17-8-7-9-18(16-17)21-20(26)24-10-5-3-2-4-6-11-24/h7-9,16H,2-6,10-15H2,1H3,(H,21,26). The lowest BCUT2D eigenvalue weighted by molar-refractivity contribution is 0.0664. The van der Waals surface area contributed by atoms with Crippen LogP contribution in [0.25, 0.3) is 0 Å². The van der Waals surface area contributed by atoms with E-state index in [0.717, 1.165) is 52.1 Å². The number of carbonyl (C=O) groups is 2. The zero-order valence-corrected chi connectivity index (χ0v) is 15.7. The first-order chi connectivity index (χ1) is 12.6. The molecule has 3 rings (SSSR count). The normalized spacial score (nSPS) is 19.6. The Labute approximate surface area is 156 Å². The summed E-state index contributed by atoms with van der Waals surface area (Å²) >= 11 is 0. The van der Waals surface area contributed by atoms with E-state index in [0.29, 0.717) is 11.3 Å². The number of piperazine rings is 1. The Morgan fingerprint density at radius 1 is 0.846 bits per heavy atom. The van der Waals surface area contributed by atoms with Crippen LogP contribution in [0.4, 0.5) is 10.5 Å². The van der Waals surface area contributed by atoms with Gasteiger partial charge in [-0.15, -0.1) is 0 Å². The summed E-state index contributed by atoms with van der Waals surface area (Å²) in [6, 6.07) is 7.25. The molecule has 3 amide bonds. The number of urea groups is 1. The maximum atomic E-state index is 12.7. The van der Waals surface area contributed by atoms with Gasteiger partial charge in [0.25, 0.3) is 5.91 Å². The molecule has 1 N–H and O–H groups in total. The molecule has 0 aromatic heterocycles. The quantitative estimate of drug-likeness (QED) is 0.884. The van der Waals surface area contributed by atoms with Crippen molar-refractivity contribution in [2.24, 2.45) is 0 Å². The van der Waals surface area contributed by atoms with E-state index >= 15 is 0 Å². The SMILES string of the molecule is CN1CCN(C(=O)c2cccc(NC(=O)N3CCCCCCC3)c2)CC1. The summed E-state index contributed by atoms with van der Waals surface area (Å²) in [4.78, 5) is 31.3. The van der Waals surface area contributed by atoms with Gasteiger partial charge in [0.05, 0.1) is 0 Å². The van der Waals surface area contributed by atoms with Crippen LogP contribution >= 0.6 is 0 Å². The third kappa shape index (κ3) is 4.97. The van der Waals surface area contributed by atoms with Gasteiger partial charge in [0.15, 0.2) is 0 Å². The fourth-order valence-electron chi connectivity index (χ4n) is 3.58. The van der Waals surface area contributed by atoms with E-state index in [4.69, 9.17) is 0 Å². The fraction of sp³-hybridized carbons (Fsp3) is 0.600. The fourth-order valence-corrected chi connectivity index (χ4v) is 3.58. The van der Waals surface area contributed by atoms with Gasteiger partial charge in [0.1, 0.15) is 0 Å². The number of hydrogen-bond donors (Lipinski definition) is 1. The monoisotopic (exact) mass is 358 g/mol. The van der Waals surface area contributed by atoms with Gasteiger partial charge in [-0.25, -0.2) is 4.79 Å². The van der Waals surface area contributed by atoms with Crippen LogP contribution in [-0.4, -0.2) is 73.0 Å². The summed E-state index contributed by atoms with van der Waals surface area (Å²) in [7, 11) is 2.07. The second kappa shape index (κ2) is 9.03. The van der Waals surface area contributed by atoms with Crippen molar-refractivity contribution in [2.45, 2.75) is 32.1 Å². The minimum absolute atomic E-state index is 0.0421. The van der Waals surface area contributed by atoms with Crippen molar-refractivity contribution in [2.75, 3.05) is 51.6 Å². The minimum atomic E-state index is -0.0592. The molecular formula is C20H30N4O2. The molecule has 26 heavy (non-hydrogen) atoms. The summed E-state index contributed by atoms with van der Waals surface area (Å²) in [5.74, 6) is 0.0421. The molecular weight excluding hydrogens is 328 g/mol. The smallest absolute Gasteiger partial charge is 0.321 e. The highest BCUT2D eigenvalue weighted by Gasteiger charge is 2.21. The number of rotatable bonds is 2. The summed E-state index contributed by atoms with van der Waals surface area (Å²) in [5, 5.41) is 2.97. The van der Waals surface area contributed by atoms with E-state index in [2.05, 4.69) is 17.3 Å². The zero-order chi connectivity index (χ0) is 18.4. The maximum Gasteiger partial charge on any atom is 0.321 e. The first kappa shape index (κ1) is 18.7. The van der Waals surface area contributed by atoms with Gasteiger partial charge < -0.3 is 20.0 Å².